The molecule has 39 heavy (non-hydrogen) atoms. The van der Waals surface area contributed by atoms with Gasteiger partial charge in [-0.15, -0.1) is 0 Å². The average Bonchev–Trinajstić information content (AvgIpc) is 3.59. The minimum atomic E-state index is -1.08. The minimum Gasteiger partial charge on any atom is -0.481 e. The van der Waals surface area contributed by atoms with Gasteiger partial charge in [0.25, 0.3) is 5.56 Å². The van der Waals surface area contributed by atoms with E-state index in [2.05, 4.69) is 10.1 Å². The van der Waals surface area contributed by atoms with Crippen molar-refractivity contribution in [3.8, 4) is 22.6 Å². The number of aromatic nitrogens is 1. The monoisotopic (exact) mass is 543 g/mol. The zero-order valence-electron chi connectivity index (χ0n) is 20.5. The Morgan fingerprint density at radius 3 is 2.59 bits per heavy atom. The number of hydrazone groups is 1. The van der Waals surface area contributed by atoms with Crippen LogP contribution in [0.15, 0.2) is 76.6 Å². The number of H-pyrrole nitrogens is 1. The van der Waals surface area contributed by atoms with Crippen molar-refractivity contribution >= 4 is 40.1 Å². The van der Waals surface area contributed by atoms with E-state index in [9.17, 15) is 14.4 Å². The largest absolute Gasteiger partial charge is 0.481 e. The van der Waals surface area contributed by atoms with Crippen LogP contribution >= 0.6 is 11.6 Å². The summed E-state index contributed by atoms with van der Waals surface area (Å²) in [5.41, 5.74) is 3.17. The third-order valence-corrected chi connectivity index (χ3v) is 7.06. The number of carbonyl (C=O) groups excluding carboxylic acids is 1. The number of hydrogen-bond donors (Lipinski definition) is 2. The van der Waals surface area contributed by atoms with Crippen molar-refractivity contribution in [3.63, 3.8) is 0 Å². The quantitative estimate of drug-likeness (QED) is 0.348. The lowest BCUT2D eigenvalue weighted by Crippen LogP contribution is -2.27. The number of ether oxygens (including phenoxy) is 2. The predicted molar refractivity (Wildman–Crippen MR) is 145 cm³/mol. The molecular formula is C29H22ClN3O6. The molecule has 0 unspecified atom stereocenters. The highest BCUT2D eigenvalue weighted by Crippen LogP contribution is 2.41. The highest BCUT2D eigenvalue weighted by molar-refractivity contribution is 6.31. The van der Waals surface area contributed by atoms with Gasteiger partial charge in [0, 0.05) is 34.3 Å². The molecule has 4 aromatic rings. The molecule has 6 rings (SSSR count). The number of aliphatic carboxylic acids is 1. The summed E-state index contributed by atoms with van der Waals surface area (Å²) in [4.78, 5) is 41.0. The Morgan fingerprint density at radius 1 is 1.00 bits per heavy atom. The van der Waals surface area contributed by atoms with Gasteiger partial charge in [-0.1, -0.05) is 48.0 Å². The van der Waals surface area contributed by atoms with Gasteiger partial charge in [-0.3, -0.25) is 14.4 Å². The number of carbonyl (C=O) groups is 2. The number of rotatable bonds is 6. The van der Waals surface area contributed by atoms with Crippen LogP contribution in [0.4, 0.5) is 0 Å². The van der Waals surface area contributed by atoms with Crippen LogP contribution in [0.3, 0.4) is 0 Å². The lowest BCUT2D eigenvalue weighted by Gasteiger charge is -2.22. The van der Waals surface area contributed by atoms with Gasteiger partial charge in [-0.25, -0.2) is 5.01 Å². The first-order valence-electron chi connectivity index (χ1n) is 12.3. The molecule has 196 valence electrons. The summed E-state index contributed by atoms with van der Waals surface area (Å²) < 4.78 is 11.0. The maximum absolute atomic E-state index is 13.6. The van der Waals surface area contributed by atoms with Gasteiger partial charge in [0.2, 0.25) is 12.7 Å². The molecule has 3 heterocycles. The van der Waals surface area contributed by atoms with Crippen molar-refractivity contribution in [1.29, 1.82) is 0 Å². The molecule has 1 atom stereocenters. The first-order valence-corrected chi connectivity index (χ1v) is 12.7. The molecule has 1 amide bonds. The van der Waals surface area contributed by atoms with E-state index in [0.717, 1.165) is 16.5 Å². The lowest BCUT2D eigenvalue weighted by molar-refractivity contribution is -0.141. The van der Waals surface area contributed by atoms with Crippen LogP contribution in [0.25, 0.3) is 22.0 Å². The number of amides is 1. The zero-order chi connectivity index (χ0) is 27.1. The van der Waals surface area contributed by atoms with E-state index in [1.54, 1.807) is 30.3 Å². The molecule has 0 bridgehead atoms. The van der Waals surface area contributed by atoms with Crippen LogP contribution in [0.5, 0.6) is 11.5 Å². The van der Waals surface area contributed by atoms with Crippen molar-refractivity contribution in [1.82, 2.24) is 9.99 Å². The summed E-state index contributed by atoms with van der Waals surface area (Å²) in [6.07, 6.45) is -0.339. The number of carboxylic acids is 1. The van der Waals surface area contributed by atoms with Gasteiger partial charge in [0.15, 0.2) is 11.5 Å². The first-order chi connectivity index (χ1) is 18.9. The van der Waals surface area contributed by atoms with Crippen molar-refractivity contribution in [3.05, 3.63) is 93.2 Å². The molecule has 1 aromatic heterocycles. The number of carboxylic acid groups (broad SMARTS) is 1. The molecule has 2 N–H and O–H groups in total. The number of nitrogens with one attached hydrogen (secondary N) is 1. The molecule has 0 aliphatic carbocycles. The lowest BCUT2D eigenvalue weighted by atomic mass is 9.91. The highest BCUT2D eigenvalue weighted by Gasteiger charge is 2.36. The van der Waals surface area contributed by atoms with Gasteiger partial charge in [-0.2, -0.15) is 5.10 Å². The maximum Gasteiger partial charge on any atom is 0.303 e. The smallest absolute Gasteiger partial charge is 0.303 e. The van der Waals surface area contributed by atoms with E-state index >= 15 is 0 Å². The Labute approximate surface area is 227 Å². The standard InChI is InChI=1S/C29H22ClN3O6/c30-18-7-8-20-19(13-18)27(16-4-2-1-3-5-16)28(29(37)31-20)21-14-22(33(32-21)25(34)10-11-26(35)36)17-6-9-23-24(12-17)39-15-38-23/h1-9,12-13,22H,10-11,14-15H2,(H,31,37)(H,35,36)/t22-/m0/s1. The Morgan fingerprint density at radius 2 is 1.79 bits per heavy atom. The molecule has 0 spiro atoms. The molecule has 2 aliphatic rings. The molecule has 9 nitrogen and oxygen atoms in total. The molecule has 3 aromatic carbocycles. The van der Waals surface area contributed by atoms with E-state index in [4.69, 9.17) is 26.2 Å². The number of pyridine rings is 1. The minimum absolute atomic E-state index is 0.0991. The predicted octanol–water partition coefficient (Wildman–Crippen LogP) is 5.12. The molecule has 0 fully saturated rings. The zero-order valence-corrected chi connectivity index (χ0v) is 21.3. The fourth-order valence-corrected chi connectivity index (χ4v) is 5.22. The molecule has 0 radical (unpaired) electrons. The van der Waals surface area contributed by atoms with Gasteiger partial charge in [-0.05, 0) is 41.5 Å². The topological polar surface area (TPSA) is 121 Å². The number of benzene rings is 3. The summed E-state index contributed by atoms with van der Waals surface area (Å²) >= 11 is 6.36. The molecule has 0 saturated carbocycles. The summed E-state index contributed by atoms with van der Waals surface area (Å²) in [7, 11) is 0. The van der Waals surface area contributed by atoms with Crippen LogP contribution in [-0.4, -0.2) is 39.5 Å². The SMILES string of the molecule is O=C(O)CCC(=O)N1N=C(c2c(-c3ccccc3)c3cc(Cl)ccc3[nH]c2=O)C[C@H]1c1ccc2c(c1)OCO2. The third-order valence-electron chi connectivity index (χ3n) is 6.83. The number of hydrogen-bond acceptors (Lipinski definition) is 6. The first kappa shape index (κ1) is 24.7. The van der Waals surface area contributed by atoms with Crippen molar-refractivity contribution in [2.45, 2.75) is 25.3 Å². The van der Waals surface area contributed by atoms with Crippen LogP contribution in [-0.2, 0) is 9.59 Å². The fraction of sp³-hybridized carbons (Fsp3) is 0.172. The third kappa shape index (κ3) is 4.61. The van der Waals surface area contributed by atoms with Crippen LogP contribution in [0, 0.1) is 0 Å². The van der Waals surface area contributed by atoms with Gasteiger partial charge >= 0.3 is 5.97 Å². The maximum atomic E-state index is 13.6. The van der Waals surface area contributed by atoms with Gasteiger partial charge in [0.1, 0.15) is 0 Å². The van der Waals surface area contributed by atoms with E-state index in [0.29, 0.717) is 38.9 Å². The molecule has 2 aliphatic heterocycles. The summed E-state index contributed by atoms with van der Waals surface area (Å²) in [6, 6.07) is 19.5. The molecular weight excluding hydrogens is 522 g/mol. The van der Waals surface area contributed by atoms with E-state index < -0.39 is 17.9 Å². The Kier molecular flexibility index (Phi) is 6.28. The number of halogens is 1. The van der Waals surface area contributed by atoms with Gasteiger partial charge in [0.05, 0.1) is 23.7 Å². The molecule has 0 saturated heterocycles. The van der Waals surface area contributed by atoms with Gasteiger partial charge < -0.3 is 19.6 Å². The average molecular weight is 544 g/mol. The second-order valence-electron chi connectivity index (χ2n) is 9.27. The van der Waals surface area contributed by atoms with Crippen molar-refractivity contribution in [2.75, 3.05) is 6.79 Å². The van der Waals surface area contributed by atoms with Crippen LogP contribution < -0.4 is 15.0 Å². The number of fused-ring (bicyclic) bond motifs is 2. The number of aromatic amines is 1. The highest BCUT2D eigenvalue weighted by atomic mass is 35.5. The van der Waals surface area contributed by atoms with E-state index in [-0.39, 0.29) is 31.6 Å². The van der Waals surface area contributed by atoms with Crippen molar-refractivity contribution < 1.29 is 24.2 Å². The number of nitrogens with zero attached hydrogens (tertiary/aromatic N) is 2. The Bertz CT molecular complexity index is 1720. The van der Waals surface area contributed by atoms with Crippen LogP contribution in [0.1, 0.15) is 36.4 Å². The normalized spacial score (nSPS) is 16.0. The Balaban J connectivity index is 1.51. The summed E-state index contributed by atoms with van der Waals surface area (Å²) in [5, 5.41) is 16.3. The van der Waals surface area contributed by atoms with E-state index in [1.165, 1.54) is 5.01 Å². The second kappa shape index (κ2) is 9.92. The Hall–Kier alpha value is -4.63. The summed E-state index contributed by atoms with van der Waals surface area (Å²) in [5.74, 6) is -0.407. The summed E-state index contributed by atoms with van der Waals surface area (Å²) in [6.45, 7) is 0.0991. The molecule has 10 heteroatoms. The second-order valence-corrected chi connectivity index (χ2v) is 9.71. The van der Waals surface area contributed by atoms with Crippen LogP contribution in [0.2, 0.25) is 5.02 Å². The van der Waals surface area contributed by atoms with Crippen molar-refractivity contribution in [2.24, 2.45) is 5.10 Å². The fourth-order valence-electron chi connectivity index (χ4n) is 5.05. The van der Waals surface area contributed by atoms with E-state index in [1.807, 2.05) is 36.4 Å².